The van der Waals surface area contributed by atoms with E-state index in [2.05, 4.69) is 0 Å². The average molecular weight is 410 g/mol. The number of quaternary nitrogens is 1. The summed E-state index contributed by atoms with van der Waals surface area (Å²) in [5, 5.41) is 21.8. The first-order valence-corrected chi connectivity index (χ1v) is 9.68. The second-order valence-corrected chi connectivity index (χ2v) is 7.52. The fourth-order valence-electron chi connectivity index (χ4n) is 3.59. The van der Waals surface area contributed by atoms with Gasteiger partial charge in [0.25, 0.3) is 17.4 Å². The van der Waals surface area contributed by atoms with E-state index in [4.69, 9.17) is 0 Å². The van der Waals surface area contributed by atoms with Crippen molar-refractivity contribution >= 4 is 23.1 Å². The van der Waals surface area contributed by atoms with Crippen molar-refractivity contribution in [2.24, 2.45) is 0 Å². The lowest BCUT2D eigenvalue weighted by atomic mass is 9.95. The Kier molecular flexibility index (Phi) is 6.27. The van der Waals surface area contributed by atoms with Gasteiger partial charge in [-0.1, -0.05) is 30.3 Å². The molecule has 0 bridgehead atoms. The highest BCUT2D eigenvalue weighted by atomic mass is 16.6. The first kappa shape index (κ1) is 21.2. The van der Waals surface area contributed by atoms with Crippen LogP contribution < -0.4 is 4.90 Å². The molecular weight excluding hydrogens is 386 g/mol. The first-order chi connectivity index (χ1) is 14.3. The summed E-state index contributed by atoms with van der Waals surface area (Å²) in [5.41, 5.74) is 0.838. The predicted molar refractivity (Wildman–Crippen MR) is 111 cm³/mol. The van der Waals surface area contributed by atoms with Gasteiger partial charge in [0.05, 0.1) is 37.2 Å². The van der Waals surface area contributed by atoms with Crippen LogP contribution in [0, 0.1) is 10.1 Å². The lowest BCUT2D eigenvalue weighted by molar-refractivity contribution is -0.858. The van der Waals surface area contributed by atoms with E-state index in [9.17, 15) is 24.8 Å². The van der Waals surface area contributed by atoms with Crippen molar-refractivity contribution in [3.8, 4) is 0 Å². The van der Waals surface area contributed by atoms with Crippen molar-refractivity contribution < 1.29 is 24.5 Å². The van der Waals surface area contributed by atoms with Gasteiger partial charge in [-0.05, 0) is 17.7 Å². The number of Topliss-reactive ketones (excluding diaryl/α,β-unsaturated/α-hetero) is 1. The number of hydrogen-bond acceptors (Lipinski definition) is 5. The number of likely N-dealkylation sites (tertiary alicyclic amines) is 1. The lowest BCUT2D eigenvalue weighted by Gasteiger charge is -2.25. The van der Waals surface area contributed by atoms with E-state index in [1.54, 1.807) is 0 Å². The largest absolute Gasteiger partial charge is 0.507 e. The summed E-state index contributed by atoms with van der Waals surface area (Å²) in [6.07, 6.45) is 0.705. The van der Waals surface area contributed by atoms with E-state index < -0.39 is 22.7 Å². The summed E-state index contributed by atoms with van der Waals surface area (Å²) >= 11 is 0. The molecule has 1 fully saturated rings. The molecule has 1 saturated heterocycles. The molecule has 8 heteroatoms. The molecular formula is C22H24N3O5+. The zero-order valence-electron chi connectivity index (χ0n) is 16.9. The number of benzene rings is 2. The van der Waals surface area contributed by atoms with Gasteiger partial charge in [0, 0.05) is 30.7 Å². The van der Waals surface area contributed by atoms with Gasteiger partial charge in [0.1, 0.15) is 5.76 Å². The van der Waals surface area contributed by atoms with Crippen molar-refractivity contribution in [2.45, 2.75) is 12.5 Å². The highest BCUT2D eigenvalue weighted by Crippen LogP contribution is 2.39. The van der Waals surface area contributed by atoms with E-state index >= 15 is 0 Å². The summed E-state index contributed by atoms with van der Waals surface area (Å²) in [6, 6.07) is 13.6. The van der Waals surface area contributed by atoms with Crippen LogP contribution in [0.5, 0.6) is 0 Å². The fourth-order valence-corrected chi connectivity index (χ4v) is 3.59. The Morgan fingerprint density at radius 1 is 1.10 bits per heavy atom. The van der Waals surface area contributed by atoms with Crippen molar-refractivity contribution in [2.75, 3.05) is 27.2 Å². The highest BCUT2D eigenvalue weighted by Gasteiger charge is 2.45. The van der Waals surface area contributed by atoms with E-state index in [1.807, 2.05) is 44.4 Å². The van der Waals surface area contributed by atoms with Crippen molar-refractivity contribution in [3.05, 3.63) is 81.4 Å². The van der Waals surface area contributed by atoms with Crippen LogP contribution in [0.25, 0.3) is 5.76 Å². The molecule has 0 radical (unpaired) electrons. The van der Waals surface area contributed by atoms with Crippen molar-refractivity contribution in [1.29, 1.82) is 0 Å². The van der Waals surface area contributed by atoms with E-state index in [0.717, 1.165) is 12.1 Å². The minimum Gasteiger partial charge on any atom is -0.507 e. The Hall–Kier alpha value is -3.52. The smallest absolute Gasteiger partial charge is 0.295 e. The third kappa shape index (κ3) is 4.23. The van der Waals surface area contributed by atoms with Crippen LogP contribution in [-0.4, -0.2) is 53.8 Å². The Labute approximate surface area is 174 Å². The number of hydrogen-bond donors (Lipinski definition) is 2. The van der Waals surface area contributed by atoms with Crippen LogP contribution in [0.2, 0.25) is 0 Å². The summed E-state index contributed by atoms with van der Waals surface area (Å²) in [7, 11) is 4.02. The second kappa shape index (κ2) is 8.87. The predicted octanol–water partition coefficient (Wildman–Crippen LogP) is 1.55. The fraction of sp³-hybridized carbons (Fsp3) is 0.273. The number of aliphatic hydroxyl groups excluding tert-OH is 1. The zero-order valence-corrected chi connectivity index (χ0v) is 16.9. The third-order valence-electron chi connectivity index (χ3n) is 5.08. The maximum atomic E-state index is 12.9. The molecule has 0 unspecified atom stereocenters. The molecule has 8 nitrogen and oxygen atoms in total. The summed E-state index contributed by atoms with van der Waals surface area (Å²) in [6.45, 7) is 1.21. The topological polar surface area (TPSA) is 105 Å². The number of carbonyl (C=O) groups is 2. The number of ketones is 1. The first-order valence-electron chi connectivity index (χ1n) is 9.68. The van der Waals surface area contributed by atoms with E-state index in [-0.39, 0.29) is 22.6 Å². The number of carbonyl (C=O) groups excluding carboxylic acids is 2. The third-order valence-corrected chi connectivity index (χ3v) is 5.08. The number of nitrogens with zero attached hydrogens (tertiary/aromatic N) is 2. The van der Waals surface area contributed by atoms with E-state index in [0.29, 0.717) is 13.0 Å². The van der Waals surface area contributed by atoms with E-state index in [1.165, 1.54) is 34.1 Å². The molecule has 0 aliphatic carbocycles. The molecule has 0 spiro atoms. The molecule has 1 aliphatic rings. The Bertz CT molecular complexity index is 984. The molecule has 1 amide bonds. The maximum Gasteiger partial charge on any atom is 0.295 e. The average Bonchev–Trinajstić information content (AvgIpc) is 2.98. The number of amides is 1. The van der Waals surface area contributed by atoms with Gasteiger partial charge >= 0.3 is 0 Å². The molecule has 3 rings (SSSR count). The highest BCUT2D eigenvalue weighted by molar-refractivity contribution is 6.46. The van der Waals surface area contributed by atoms with Gasteiger partial charge in [-0.2, -0.15) is 0 Å². The normalized spacial score (nSPS) is 18.2. The summed E-state index contributed by atoms with van der Waals surface area (Å²) in [4.78, 5) is 38.7. The number of nitro benzene ring substituents is 1. The van der Waals surface area contributed by atoms with Gasteiger partial charge in [0.15, 0.2) is 0 Å². The summed E-state index contributed by atoms with van der Waals surface area (Å²) < 4.78 is 0. The van der Waals surface area contributed by atoms with Crippen LogP contribution in [0.3, 0.4) is 0 Å². The number of non-ortho nitro benzene ring substituents is 1. The van der Waals surface area contributed by atoms with Crippen molar-refractivity contribution in [3.63, 3.8) is 0 Å². The molecule has 0 aromatic heterocycles. The summed E-state index contributed by atoms with van der Waals surface area (Å²) in [5.74, 6) is -1.74. The van der Waals surface area contributed by atoms with Gasteiger partial charge in [-0.3, -0.25) is 19.7 Å². The molecule has 2 N–H and O–H groups in total. The quantitative estimate of drug-likeness (QED) is 0.237. The Balaban J connectivity index is 2.05. The number of aliphatic hydroxyl groups is 1. The maximum absolute atomic E-state index is 12.9. The SMILES string of the molecule is C[NH+](C)CCCN1C(=O)C(=O)C(=C(O)c2ccc([N+](=O)[O-])cc2)[C@@H]1c1ccccc1. The molecule has 0 saturated carbocycles. The van der Waals surface area contributed by atoms with Crippen LogP contribution in [0.4, 0.5) is 5.69 Å². The lowest BCUT2D eigenvalue weighted by Crippen LogP contribution is -3.05. The Morgan fingerprint density at radius 2 is 1.73 bits per heavy atom. The number of nitrogens with one attached hydrogen (secondary N) is 1. The van der Waals surface area contributed by atoms with Crippen LogP contribution >= 0.6 is 0 Å². The monoisotopic (exact) mass is 410 g/mol. The minimum atomic E-state index is -0.753. The molecule has 1 heterocycles. The van der Waals surface area contributed by atoms with Gasteiger partial charge < -0.3 is 14.9 Å². The van der Waals surface area contributed by atoms with Crippen LogP contribution in [0.15, 0.2) is 60.2 Å². The number of nitro groups is 1. The number of rotatable bonds is 7. The molecule has 2 aromatic carbocycles. The van der Waals surface area contributed by atoms with Crippen LogP contribution in [-0.2, 0) is 9.59 Å². The molecule has 156 valence electrons. The van der Waals surface area contributed by atoms with Crippen LogP contribution in [0.1, 0.15) is 23.6 Å². The standard InChI is InChI=1S/C22H23N3O5/c1-23(2)13-6-14-24-19(15-7-4-3-5-8-15)18(21(27)22(24)28)20(26)16-9-11-17(12-10-16)25(29)30/h3-5,7-12,19,26H,6,13-14H2,1-2H3/p+1/t19-/m0/s1. The minimum absolute atomic E-state index is 0.00254. The second-order valence-electron chi connectivity index (χ2n) is 7.52. The van der Waals surface area contributed by atoms with Gasteiger partial charge in [-0.25, -0.2) is 0 Å². The molecule has 1 aliphatic heterocycles. The molecule has 2 aromatic rings. The Morgan fingerprint density at radius 3 is 2.30 bits per heavy atom. The van der Waals surface area contributed by atoms with Gasteiger partial charge in [0.2, 0.25) is 0 Å². The molecule has 1 atom stereocenters. The molecule has 30 heavy (non-hydrogen) atoms. The zero-order chi connectivity index (χ0) is 21.8. The van der Waals surface area contributed by atoms with Crippen molar-refractivity contribution in [1.82, 2.24) is 4.90 Å². The van der Waals surface area contributed by atoms with Gasteiger partial charge in [-0.15, -0.1) is 0 Å².